The fourth-order valence-electron chi connectivity index (χ4n) is 1.86. The number of hydrazine groups is 1. The van der Waals surface area contributed by atoms with Crippen LogP contribution in [0.15, 0.2) is 41.0 Å². The van der Waals surface area contributed by atoms with Gasteiger partial charge in [-0.05, 0) is 29.3 Å². The van der Waals surface area contributed by atoms with Crippen LogP contribution < -0.4 is 11.3 Å². The molecule has 1 aromatic carbocycles. The molecule has 7 heteroatoms. The number of rotatable bonds is 3. The average Bonchev–Trinajstić information content (AvgIpc) is 2.76. The van der Waals surface area contributed by atoms with Crippen LogP contribution in [0.4, 0.5) is 13.2 Å². The largest absolute Gasteiger partial charge is 0.453 e. The van der Waals surface area contributed by atoms with Crippen molar-refractivity contribution >= 4 is 11.6 Å². The van der Waals surface area contributed by atoms with Crippen LogP contribution >= 0.6 is 11.6 Å². The van der Waals surface area contributed by atoms with Gasteiger partial charge in [0.05, 0.1) is 17.9 Å². The molecule has 0 saturated heterocycles. The van der Waals surface area contributed by atoms with Crippen LogP contribution in [-0.2, 0) is 6.18 Å². The maximum absolute atomic E-state index is 13.0. The van der Waals surface area contributed by atoms with Gasteiger partial charge in [-0.3, -0.25) is 5.84 Å². The maximum atomic E-state index is 13.0. The molecule has 0 bridgehead atoms. The molecule has 1 atom stereocenters. The molecule has 0 aliphatic heterocycles. The van der Waals surface area contributed by atoms with Crippen molar-refractivity contribution in [1.29, 1.82) is 0 Å². The zero-order valence-corrected chi connectivity index (χ0v) is 10.3. The van der Waals surface area contributed by atoms with Crippen molar-refractivity contribution in [2.45, 2.75) is 12.2 Å². The van der Waals surface area contributed by atoms with Crippen molar-refractivity contribution < 1.29 is 17.6 Å². The molecular weight excluding hydrogens is 281 g/mol. The molecular formula is C12H10ClF3N2O. The number of benzene rings is 1. The minimum absolute atomic E-state index is 0.0000671. The summed E-state index contributed by atoms with van der Waals surface area (Å²) in [5.41, 5.74) is 1.90. The lowest BCUT2D eigenvalue weighted by atomic mass is 9.96. The second-order valence-electron chi connectivity index (χ2n) is 3.83. The second-order valence-corrected chi connectivity index (χ2v) is 4.18. The van der Waals surface area contributed by atoms with E-state index in [0.717, 1.165) is 6.07 Å². The third-order valence-electron chi connectivity index (χ3n) is 2.70. The Balaban J connectivity index is 2.54. The monoisotopic (exact) mass is 290 g/mol. The average molecular weight is 291 g/mol. The van der Waals surface area contributed by atoms with Gasteiger partial charge in [-0.25, -0.2) is 5.43 Å². The Kier molecular flexibility index (Phi) is 3.84. The smallest absolute Gasteiger partial charge is 0.416 e. The van der Waals surface area contributed by atoms with Gasteiger partial charge in [0.25, 0.3) is 0 Å². The van der Waals surface area contributed by atoms with Gasteiger partial charge in [0, 0.05) is 5.56 Å². The van der Waals surface area contributed by atoms with Crippen molar-refractivity contribution in [2.75, 3.05) is 0 Å². The fraction of sp³-hybridized carbons (Fsp3) is 0.167. The summed E-state index contributed by atoms with van der Waals surface area (Å²) >= 11 is 5.79. The van der Waals surface area contributed by atoms with Gasteiger partial charge in [0.15, 0.2) is 5.22 Å². The van der Waals surface area contributed by atoms with Crippen molar-refractivity contribution in [3.63, 3.8) is 0 Å². The van der Waals surface area contributed by atoms with Gasteiger partial charge >= 0.3 is 6.18 Å². The predicted molar refractivity (Wildman–Crippen MR) is 64.3 cm³/mol. The number of nitrogens with two attached hydrogens (primary N) is 1. The van der Waals surface area contributed by atoms with Crippen LogP contribution in [0.2, 0.25) is 5.22 Å². The summed E-state index contributed by atoms with van der Waals surface area (Å²) in [6.07, 6.45) is -3.18. The van der Waals surface area contributed by atoms with E-state index in [1.54, 1.807) is 0 Å². The topological polar surface area (TPSA) is 51.2 Å². The molecule has 102 valence electrons. The van der Waals surface area contributed by atoms with Gasteiger partial charge in [-0.2, -0.15) is 13.2 Å². The Hall–Kier alpha value is -1.50. The summed E-state index contributed by atoms with van der Waals surface area (Å²) < 4.78 is 43.8. The summed E-state index contributed by atoms with van der Waals surface area (Å²) in [6.45, 7) is 0. The molecule has 0 aliphatic rings. The first-order valence-corrected chi connectivity index (χ1v) is 5.68. The molecule has 1 heterocycles. The van der Waals surface area contributed by atoms with E-state index in [4.69, 9.17) is 21.9 Å². The lowest BCUT2D eigenvalue weighted by Crippen LogP contribution is -2.30. The first kappa shape index (κ1) is 13.9. The summed E-state index contributed by atoms with van der Waals surface area (Å²) in [4.78, 5) is 0. The Morgan fingerprint density at radius 2 is 1.84 bits per heavy atom. The van der Waals surface area contributed by atoms with Crippen LogP contribution in [0.1, 0.15) is 22.7 Å². The van der Waals surface area contributed by atoms with E-state index in [1.165, 1.54) is 30.5 Å². The van der Waals surface area contributed by atoms with E-state index in [0.29, 0.717) is 5.56 Å². The van der Waals surface area contributed by atoms with E-state index in [2.05, 4.69) is 5.43 Å². The van der Waals surface area contributed by atoms with Crippen molar-refractivity contribution in [3.05, 3.63) is 58.5 Å². The van der Waals surface area contributed by atoms with Crippen molar-refractivity contribution in [1.82, 2.24) is 5.43 Å². The highest BCUT2D eigenvalue weighted by atomic mass is 35.5. The first-order chi connectivity index (χ1) is 8.95. The molecule has 1 unspecified atom stereocenters. The second kappa shape index (κ2) is 5.24. The molecule has 0 spiro atoms. The SMILES string of the molecule is NNC(c1ccccc1C(F)(F)F)c1ccoc1Cl. The number of alkyl halides is 3. The van der Waals surface area contributed by atoms with Gasteiger partial charge in [0.1, 0.15) is 0 Å². The Bertz CT molecular complexity index is 568. The van der Waals surface area contributed by atoms with E-state index in [9.17, 15) is 13.2 Å². The van der Waals surface area contributed by atoms with E-state index in [-0.39, 0.29) is 10.8 Å². The van der Waals surface area contributed by atoms with E-state index in [1.807, 2.05) is 0 Å². The molecule has 3 nitrogen and oxygen atoms in total. The molecule has 0 amide bonds. The third kappa shape index (κ3) is 2.75. The summed E-state index contributed by atoms with van der Waals surface area (Å²) in [7, 11) is 0. The summed E-state index contributed by atoms with van der Waals surface area (Å²) in [6, 6.07) is 5.73. The Morgan fingerprint density at radius 1 is 1.16 bits per heavy atom. The van der Waals surface area contributed by atoms with Crippen LogP contribution in [0.25, 0.3) is 0 Å². The zero-order valence-electron chi connectivity index (χ0n) is 9.54. The number of hydrogen-bond donors (Lipinski definition) is 2. The molecule has 19 heavy (non-hydrogen) atoms. The quantitative estimate of drug-likeness (QED) is 0.672. The highest BCUT2D eigenvalue weighted by Gasteiger charge is 2.35. The van der Waals surface area contributed by atoms with E-state index >= 15 is 0 Å². The van der Waals surface area contributed by atoms with Gasteiger partial charge in [0.2, 0.25) is 0 Å². The van der Waals surface area contributed by atoms with Gasteiger partial charge in [-0.1, -0.05) is 18.2 Å². The van der Waals surface area contributed by atoms with Crippen molar-refractivity contribution in [3.8, 4) is 0 Å². The standard InChI is InChI=1S/C12H10ClF3N2O/c13-11-8(5-6-19-11)10(18-17)7-3-1-2-4-9(7)12(14,15)16/h1-6,10,18H,17H2. The highest BCUT2D eigenvalue weighted by molar-refractivity contribution is 6.29. The molecule has 0 saturated carbocycles. The highest BCUT2D eigenvalue weighted by Crippen LogP contribution is 2.37. The number of hydrogen-bond acceptors (Lipinski definition) is 3. The van der Waals surface area contributed by atoms with Crippen LogP contribution in [0, 0.1) is 0 Å². The number of halogens is 4. The predicted octanol–water partition coefficient (Wildman–Crippen LogP) is 3.50. The molecule has 3 N–H and O–H groups in total. The lowest BCUT2D eigenvalue weighted by molar-refractivity contribution is -0.138. The van der Waals surface area contributed by atoms with Crippen LogP contribution in [-0.4, -0.2) is 0 Å². The molecule has 0 fully saturated rings. The number of nitrogens with one attached hydrogen (secondary N) is 1. The van der Waals surface area contributed by atoms with Gasteiger partial charge in [-0.15, -0.1) is 0 Å². The zero-order chi connectivity index (χ0) is 14.0. The minimum Gasteiger partial charge on any atom is -0.453 e. The van der Waals surface area contributed by atoms with Crippen LogP contribution in [0.5, 0.6) is 0 Å². The van der Waals surface area contributed by atoms with E-state index < -0.39 is 17.8 Å². The van der Waals surface area contributed by atoms with Crippen LogP contribution in [0.3, 0.4) is 0 Å². The first-order valence-electron chi connectivity index (χ1n) is 5.30. The molecule has 0 aliphatic carbocycles. The Morgan fingerprint density at radius 3 is 2.37 bits per heavy atom. The lowest BCUT2D eigenvalue weighted by Gasteiger charge is -2.20. The van der Waals surface area contributed by atoms with Crippen molar-refractivity contribution in [2.24, 2.45) is 5.84 Å². The third-order valence-corrected chi connectivity index (χ3v) is 3.01. The maximum Gasteiger partial charge on any atom is 0.416 e. The molecule has 1 aromatic heterocycles. The molecule has 2 rings (SSSR count). The number of furan rings is 1. The Labute approximate surface area is 112 Å². The minimum atomic E-state index is -4.47. The molecule has 2 aromatic rings. The summed E-state index contributed by atoms with van der Waals surface area (Å²) in [5, 5.41) is -0.0000671. The molecule has 0 radical (unpaired) electrons. The normalized spacial score (nSPS) is 13.5. The fourth-order valence-corrected chi connectivity index (χ4v) is 2.09. The summed E-state index contributed by atoms with van der Waals surface area (Å²) in [5.74, 6) is 5.36. The van der Waals surface area contributed by atoms with Gasteiger partial charge < -0.3 is 4.42 Å².